The fourth-order valence-corrected chi connectivity index (χ4v) is 2.34. The van der Waals surface area contributed by atoms with Crippen LogP contribution in [0.1, 0.15) is 26.7 Å². The van der Waals surface area contributed by atoms with Crippen LogP contribution in [0.3, 0.4) is 0 Å². The molecule has 0 saturated heterocycles. The normalized spacial score (nSPS) is 13.5. The SMILES string of the molecule is CC(C)CN(CCCS(C)(=O)=O)CCC(N)=NO. The van der Waals surface area contributed by atoms with E-state index in [1.165, 1.54) is 6.26 Å². The molecule has 0 amide bonds. The van der Waals surface area contributed by atoms with Gasteiger partial charge in [0.2, 0.25) is 0 Å². The van der Waals surface area contributed by atoms with Gasteiger partial charge in [-0.05, 0) is 18.9 Å². The van der Waals surface area contributed by atoms with E-state index in [-0.39, 0.29) is 11.6 Å². The maximum Gasteiger partial charge on any atom is 0.147 e. The van der Waals surface area contributed by atoms with Crippen LogP contribution in [-0.2, 0) is 9.84 Å². The second-order valence-electron chi connectivity index (χ2n) is 5.02. The minimum Gasteiger partial charge on any atom is -0.409 e. The largest absolute Gasteiger partial charge is 0.409 e. The predicted molar refractivity (Wildman–Crippen MR) is 73.6 cm³/mol. The topological polar surface area (TPSA) is 96.0 Å². The lowest BCUT2D eigenvalue weighted by atomic mass is 10.2. The van der Waals surface area contributed by atoms with E-state index in [4.69, 9.17) is 10.9 Å². The number of sulfone groups is 1. The highest BCUT2D eigenvalue weighted by Crippen LogP contribution is 2.02. The molecule has 6 nitrogen and oxygen atoms in total. The van der Waals surface area contributed by atoms with Gasteiger partial charge in [-0.25, -0.2) is 8.42 Å². The Morgan fingerprint density at radius 2 is 2.00 bits per heavy atom. The molecule has 0 aromatic heterocycles. The number of amidine groups is 1. The molecule has 0 radical (unpaired) electrons. The van der Waals surface area contributed by atoms with Crippen molar-refractivity contribution < 1.29 is 13.6 Å². The standard InChI is InChI=1S/C11H25N3O3S/c1-10(2)9-14(7-5-11(12)13-15)6-4-8-18(3,16)17/h10,15H,4-9H2,1-3H3,(H2,12,13). The third kappa shape index (κ3) is 10.3. The summed E-state index contributed by atoms with van der Waals surface area (Å²) in [5, 5.41) is 11.4. The van der Waals surface area contributed by atoms with Crippen molar-refractivity contribution in [2.24, 2.45) is 16.8 Å². The quantitative estimate of drug-likeness (QED) is 0.277. The molecule has 18 heavy (non-hydrogen) atoms. The molecule has 0 fully saturated rings. The van der Waals surface area contributed by atoms with Crippen molar-refractivity contribution in [2.75, 3.05) is 31.6 Å². The first-order valence-corrected chi connectivity index (χ1v) is 8.17. The Kier molecular flexibility index (Phi) is 7.93. The number of oxime groups is 1. The Hall–Kier alpha value is -0.820. The summed E-state index contributed by atoms with van der Waals surface area (Å²) in [5.41, 5.74) is 5.43. The molecular weight excluding hydrogens is 254 g/mol. The van der Waals surface area contributed by atoms with Crippen LogP contribution in [0.4, 0.5) is 0 Å². The first-order chi connectivity index (χ1) is 8.24. The summed E-state index contributed by atoms with van der Waals surface area (Å²) < 4.78 is 22.1. The van der Waals surface area contributed by atoms with E-state index in [0.29, 0.717) is 31.8 Å². The number of nitrogens with two attached hydrogens (primary N) is 1. The fraction of sp³-hybridized carbons (Fsp3) is 0.909. The Morgan fingerprint density at radius 1 is 1.39 bits per heavy atom. The van der Waals surface area contributed by atoms with Gasteiger partial charge in [0.05, 0.1) is 5.75 Å². The Morgan fingerprint density at radius 3 is 2.44 bits per heavy atom. The van der Waals surface area contributed by atoms with E-state index in [0.717, 1.165) is 6.54 Å². The molecule has 0 aromatic rings. The van der Waals surface area contributed by atoms with E-state index >= 15 is 0 Å². The van der Waals surface area contributed by atoms with Gasteiger partial charge in [-0.2, -0.15) is 0 Å². The lowest BCUT2D eigenvalue weighted by Crippen LogP contribution is -2.33. The Balaban J connectivity index is 4.14. The zero-order valence-corrected chi connectivity index (χ0v) is 12.3. The molecule has 0 unspecified atom stereocenters. The third-order valence-corrected chi connectivity index (χ3v) is 3.46. The highest BCUT2D eigenvalue weighted by molar-refractivity contribution is 7.90. The monoisotopic (exact) mass is 279 g/mol. The zero-order valence-electron chi connectivity index (χ0n) is 11.5. The molecule has 108 valence electrons. The highest BCUT2D eigenvalue weighted by Gasteiger charge is 2.10. The molecule has 0 saturated carbocycles. The molecule has 0 rings (SSSR count). The van der Waals surface area contributed by atoms with Gasteiger partial charge in [0.15, 0.2) is 0 Å². The van der Waals surface area contributed by atoms with Crippen LogP contribution < -0.4 is 5.73 Å². The first-order valence-electron chi connectivity index (χ1n) is 6.11. The van der Waals surface area contributed by atoms with Gasteiger partial charge in [-0.1, -0.05) is 19.0 Å². The van der Waals surface area contributed by atoms with Crippen molar-refractivity contribution in [1.82, 2.24) is 4.90 Å². The number of hydrogen-bond donors (Lipinski definition) is 2. The maximum atomic E-state index is 11.1. The molecule has 0 aliphatic heterocycles. The average Bonchev–Trinajstić information content (AvgIpc) is 2.22. The molecular formula is C11H25N3O3S. The summed E-state index contributed by atoms with van der Waals surface area (Å²) in [6.45, 7) is 6.48. The van der Waals surface area contributed by atoms with Crippen molar-refractivity contribution in [2.45, 2.75) is 26.7 Å². The molecule has 7 heteroatoms. The summed E-state index contributed by atoms with van der Waals surface area (Å²) >= 11 is 0. The van der Waals surface area contributed by atoms with E-state index in [9.17, 15) is 8.42 Å². The predicted octanol–water partition coefficient (Wildman–Crippen LogP) is 0.516. The second-order valence-corrected chi connectivity index (χ2v) is 7.28. The smallest absolute Gasteiger partial charge is 0.147 e. The molecule has 0 aliphatic carbocycles. The van der Waals surface area contributed by atoms with Crippen LogP contribution >= 0.6 is 0 Å². The Labute approximate surface area is 110 Å². The van der Waals surface area contributed by atoms with E-state index < -0.39 is 9.84 Å². The summed E-state index contributed by atoms with van der Waals surface area (Å²) in [6.07, 6.45) is 2.35. The molecule has 0 aromatic carbocycles. The lowest BCUT2D eigenvalue weighted by Gasteiger charge is -2.23. The first kappa shape index (κ1) is 17.2. The van der Waals surface area contributed by atoms with Crippen LogP contribution in [0, 0.1) is 5.92 Å². The number of nitrogens with zero attached hydrogens (tertiary/aromatic N) is 2. The second kappa shape index (κ2) is 8.31. The van der Waals surface area contributed by atoms with Crippen LogP contribution in [0.5, 0.6) is 0 Å². The lowest BCUT2D eigenvalue weighted by molar-refractivity contribution is 0.249. The third-order valence-electron chi connectivity index (χ3n) is 2.43. The zero-order chi connectivity index (χ0) is 14.2. The van der Waals surface area contributed by atoms with E-state index in [2.05, 4.69) is 23.9 Å². The van der Waals surface area contributed by atoms with Crippen LogP contribution in [0.2, 0.25) is 0 Å². The van der Waals surface area contributed by atoms with Gasteiger partial charge in [0, 0.05) is 25.8 Å². The Bertz CT molecular complexity index is 353. The number of rotatable bonds is 9. The fourth-order valence-electron chi connectivity index (χ4n) is 1.68. The van der Waals surface area contributed by atoms with Crippen LogP contribution in [-0.4, -0.2) is 56.0 Å². The van der Waals surface area contributed by atoms with Crippen molar-refractivity contribution in [1.29, 1.82) is 0 Å². The van der Waals surface area contributed by atoms with Crippen LogP contribution in [0.15, 0.2) is 5.16 Å². The van der Waals surface area contributed by atoms with Gasteiger partial charge in [0.25, 0.3) is 0 Å². The summed E-state index contributed by atoms with van der Waals surface area (Å²) in [6, 6.07) is 0. The average molecular weight is 279 g/mol. The molecule has 3 N–H and O–H groups in total. The van der Waals surface area contributed by atoms with Crippen LogP contribution in [0.25, 0.3) is 0 Å². The van der Waals surface area contributed by atoms with Gasteiger partial charge >= 0.3 is 0 Å². The minimum absolute atomic E-state index is 0.200. The highest BCUT2D eigenvalue weighted by atomic mass is 32.2. The summed E-state index contributed by atoms with van der Waals surface area (Å²) in [5.74, 6) is 0.896. The number of hydrogen-bond acceptors (Lipinski definition) is 5. The molecule has 0 aliphatic rings. The van der Waals surface area contributed by atoms with Crippen molar-refractivity contribution in [3.63, 3.8) is 0 Å². The molecule has 0 heterocycles. The summed E-state index contributed by atoms with van der Waals surface area (Å²) in [7, 11) is -2.90. The molecule has 0 bridgehead atoms. The van der Waals surface area contributed by atoms with Crippen molar-refractivity contribution in [3.05, 3.63) is 0 Å². The summed E-state index contributed by atoms with van der Waals surface area (Å²) in [4.78, 5) is 2.15. The van der Waals surface area contributed by atoms with Gasteiger partial charge in [-0.15, -0.1) is 0 Å². The molecule has 0 spiro atoms. The van der Waals surface area contributed by atoms with Crippen molar-refractivity contribution in [3.8, 4) is 0 Å². The van der Waals surface area contributed by atoms with E-state index in [1.54, 1.807) is 0 Å². The van der Waals surface area contributed by atoms with E-state index in [1.807, 2.05) is 0 Å². The van der Waals surface area contributed by atoms with Gasteiger partial charge < -0.3 is 15.8 Å². The maximum absolute atomic E-state index is 11.1. The van der Waals surface area contributed by atoms with Gasteiger partial charge in [0.1, 0.15) is 15.7 Å². The van der Waals surface area contributed by atoms with Gasteiger partial charge in [-0.3, -0.25) is 0 Å². The van der Waals surface area contributed by atoms with Crippen molar-refractivity contribution >= 4 is 15.7 Å². The minimum atomic E-state index is -2.90. The molecule has 0 atom stereocenters.